The van der Waals surface area contributed by atoms with Crippen LogP contribution in [-0.4, -0.2) is 19.1 Å². The van der Waals surface area contributed by atoms with E-state index in [0.29, 0.717) is 29.5 Å². The zero-order chi connectivity index (χ0) is 19.1. The molecule has 0 heterocycles. The zero-order valence-electron chi connectivity index (χ0n) is 15.9. The molecule has 5 heteroatoms. The van der Waals surface area contributed by atoms with Crippen LogP contribution in [0.5, 0.6) is 11.5 Å². The van der Waals surface area contributed by atoms with E-state index in [0.717, 1.165) is 17.7 Å². The first-order valence-corrected chi connectivity index (χ1v) is 9.00. The Bertz CT molecular complexity index is 746. The Morgan fingerprint density at radius 2 is 1.85 bits per heavy atom. The summed E-state index contributed by atoms with van der Waals surface area (Å²) in [7, 11) is 1.55. The Labute approximate surface area is 155 Å². The molecule has 0 radical (unpaired) electrons. The lowest BCUT2D eigenvalue weighted by Crippen LogP contribution is -2.32. The maximum atomic E-state index is 12.7. The molecule has 2 aromatic rings. The highest BCUT2D eigenvalue weighted by Crippen LogP contribution is 2.30. The van der Waals surface area contributed by atoms with Gasteiger partial charge in [0.1, 0.15) is 11.5 Å². The first kappa shape index (κ1) is 19.6. The number of rotatable bonds is 8. The van der Waals surface area contributed by atoms with Gasteiger partial charge < -0.3 is 20.5 Å². The van der Waals surface area contributed by atoms with Gasteiger partial charge in [-0.25, -0.2) is 0 Å². The fourth-order valence-corrected chi connectivity index (χ4v) is 2.73. The maximum Gasteiger partial charge on any atom is 0.265 e. The molecule has 0 aliphatic rings. The molecular formula is C21H28N2O3. The number of nitrogen functional groups attached to an aromatic ring is 1. The van der Waals surface area contributed by atoms with Crippen molar-refractivity contribution in [3.63, 3.8) is 0 Å². The first-order chi connectivity index (χ1) is 12.5. The van der Waals surface area contributed by atoms with Gasteiger partial charge in [-0.2, -0.15) is 0 Å². The third-order valence-electron chi connectivity index (χ3n) is 4.48. The molecule has 0 aliphatic heterocycles. The molecule has 3 N–H and O–H groups in total. The standard InChI is InChI=1S/C21H28N2O3/c1-5-14(3)16-9-7-8-10-19(16)26-18(6-2)21(24)23-17-13-15(22)11-12-20(17)25-4/h7-14,18H,5-6,22H2,1-4H3,(H,23,24)/t14-,18-/m0/s1. The predicted molar refractivity (Wildman–Crippen MR) is 106 cm³/mol. The van der Waals surface area contributed by atoms with Gasteiger partial charge >= 0.3 is 0 Å². The molecule has 2 rings (SSSR count). The second-order valence-electron chi connectivity index (χ2n) is 6.31. The number of methoxy groups -OCH3 is 1. The van der Waals surface area contributed by atoms with E-state index in [1.165, 1.54) is 0 Å². The second kappa shape index (κ2) is 9.13. The molecule has 5 nitrogen and oxygen atoms in total. The zero-order valence-corrected chi connectivity index (χ0v) is 15.9. The van der Waals surface area contributed by atoms with E-state index in [4.69, 9.17) is 15.2 Å². The Hall–Kier alpha value is -2.69. The number of benzene rings is 2. The van der Waals surface area contributed by atoms with Gasteiger partial charge in [0.15, 0.2) is 6.10 Å². The van der Waals surface area contributed by atoms with Crippen LogP contribution in [0.25, 0.3) is 0 Å². The van der Waals surface area contributed by atoms with Gasteiger partial charge in [0.2, 0.25) is 0 Å². The van der Waals surface area contributed by atoms with Crippen molar-refractivity contribution in [3.05, 3.63) is 48.0 Å². The van der Waals surface area contributed by atoms with Crippen molar-refractivity contribution in [3.8, 4) is 11.5 Å². The van der Waals surface area contributed by atoms with Crippen molar-refractivity contribution in [1.29, 1.82) is 0 Å². The largest absolute Gasteiger partial charge is 0.495 e. The van der Waals surface area contributed by atoms with E-state index in [2.05, 4.69) is 25.2 Å². The molecule has 140 valence electrons. The van der Waals surface area contributed by atoms with Gasteiger partial charge in [-0.15, -0.1) is 0 Å². The summed E-state index contributed by atoms with van der Waals surface area (Å²) in [6, 6.07) is 13.0. The summed E-state index contributed by atoms with van der Waals surface area (Å²) in [5.41, 5.74) is 8.02. The Kier molecular flexibility index (Phi) is 6.89. The summed E-state index contributed by atoms with van der Waals surface area (Å²) in [5.74, 6) is 1.45. The highest BCUT2D eigenvalue weighted by Gasteiger charge is 2.22. The smallest absolute Gasteiger partial charge is 0.265 e. The molecule has 1 amide bonds. The summed E-state index contributed by atoms with van der Waals surface area (Å²) < 4.78 is 11.4. The quantitative estimate of drug-likeness (QED) is 0.679. The highest BCUT2D eigenvalue weighted by atomic mass is 16.5. The van der Waals surface area contributed by atoms with Crippen molar-refractivity contribution in [2.24, 2.45) is 0 Å². The van der Waals surface area contributed by atoms with Gasteiger partial charge in [0.25, 0.3) is 5.91 Å². The molecular weight excluding hydrogens is 328 g/mol. The van der Waals surface area contributed by atoms with Gasteiger partial charge in [-0.05, 0) is 48.6 Å². The van der Waals surface area contributed by atoms with Gasteiger partial charge in [-0.1, -0.05) is 39.0 Å². The van der Waals surface area contributed by atoms with E-state index >= 15 is 0 Å². The third kappa shape index (κ3) is 4.69. The molecule has 0 aliphatic carbocycles. The molecule has 0 saturated carbocycles. The highest BCUT2D eigenvalue weighted by molar-refractivity contribution is 5.96. The number of carbonyl (C=O) groups excluding carboxylic acids is 1. The number of carbonyl (C=O) groups is 1. The molecule has 26 heavy (non-hydrogen) atoms. The Balaban J connectivity index is 2.19. The van der Waals surface area contributed by atoms with Gasteiger partial charge in [0, 0.05) is 5.69 Å². The Morgan fingerprint density at radius 1 is 1.12 bits per heavy atom. The predicted octanol–water partition coefficient (Wildman–Crippen LogP) is 4.59. The SMILES string of the molecule is CC[C@H](Oc1ccccc1[C@@H](C)CC)C(=O)Nc1cc(N)ccc1OC. The summed E-state index contributed by atoms with van der Waals surface area (Å²) in [5, 5.41) is 2.87. The first-order valence-electron chi connectivity index (χ1n) is 9.00. The van der Waals surface area contributed by atoms with Crippen LogP contribution in [0.2, 0.25) is 0 Å². The number of hydrogen-bond donors (Lipinski definition) is 2. The van der Waals surface area contributed by atoms with Crippen LogP contribution in [-0.2, 0) is 4.79 Å². The lowest BCUT2D eigenvalue weighted by molar-refractivity contribution is -0.122. The van der Waals surface area contributed by atoms with E-state index in [9.17, 15) is 4.79 Å². The van der Waals surface area contributed by atoms with Crippen molar-refractivity contribution >= 4 is 17.3 Å². The van der Waals surface area contributed by atoms with Crippen LogP contribution in [0.4, 0.5) is 11.4 Å². The van der Waals surface area contributed by atoms with Crippen LogP contribution >= 0.6 is 0 Å². The number of hydrogen-bond acceptors (Lipinski definition) is 4. The Morgan fingerprint density at radius 3 is 2.50 bits per heavy atom. The average molecular weight is 356 g/mol. The van der Waals surface area contributed by atoms with Crippen LogP contribution in [0.15, 0.2) is 42.5 Å². The summed E-state index contributed by atoms with van der Waals surface area (Å²) in [6.07, 6.45) is 0.946. The molecule has 0 saturated heterocycles. The summed E-state index contributed by atoms with van der Waals surface area (Å²) in [6.45, 7) is 6.21. The minimum Gasteiger partial charge on any atom is -0.495 e. The summed E-state index contributed by atoms with van der Waals surface area (Å²) in [4.78, 5) is 12.7. The van der Waals surface area contributed by atoms with Crippen LogP contribution in [0.1, 0.15) is 45.1 Å². The molecule has 0 bridgehead atoms. The van der Waals surface area contributed by atoms with E-state index in [-0.39, 0.29) is 5.91 Å². The minimum absolute atomic E-state index is 0.227. The summed E-state index contributed by atoms with van der Waals surface area (Å²) >= 11 is 0. The number of ether oxygens (including phenoxy) is 2. The second-order valence-corrected chi connectivity index (χ2v) is 6.31. The van der Waals surface area contributed by atoms with Crippen molar-refractivity contribution in [2.75, 3.05) is 18.2 Å². The van der Waals surface area contributed by atoms with Crippen LogP contribution in [0, 0.1) is 0 Å². The topological polar surface area (TPSA) is 73.6 Å². The van der Waals surface area contributed by atoms with Crippen LogP contribution < -0.4 is 20.5 Å². The molecule has 0 unspecified atom stereocenters. The fraction of sp³-hybridized carbons (Fsp3) is 0.381. The number of nitrogens with one attached hydrogen (secondary N) is 1. The van der Waals surface area contributed by atoms with Crippen molar-refractivity contribution in [2.45, 2.75) is 45.6 Å². The number of amides is 1. The van der Waals surface area contributed by atoms with Crippen molar-refractivity contribution < 1.29 is 14.3 Å². The molecule has 0 spiro atoms. The monoisotopic (exact) mass is 356 g/mol. The van der Waals surface area contributed by atoms with E-state index in [1.54, 1.807) is 25.3 Å². The van der Waals surface area contributed by atoms with Gasteiger partial charge in [0.05, 0.1) is 12.8 Å². The molecule has 0 fully saturated rings. The molecule has 0 aromatic heterocycles. The number of para-hydroxylation sites is 1. The van der Waals surface area contributed by atoms with Crippen molar-refractivity contribution in [1.82, 2.24) is 0 Å². The fourth-order valence-electron chi connectivity index (χ4n) is 2.73. The normalized spacial score (nSPS) is 12.9. The lowest BCUT2D eigenvalue weighted by atomic mass is 9.98. The van der Waals surface area contributed by atoms with E-state index < -0.39 is 6.10 Å². The third-order valence-corrected chi connectivity index (χ3v) is 4.48. The number of nitrogens with two attached hydrogens (primary N) is 1. The minimum atomic E-state index is -0.605. The number of anilines is 2. The average Bonchev–Trinajstić information content (AvgIpc) is 2.65. The van der Waals surface area contributed by atoms with Gasteiger partial charge in [-0.3, -0.25) is 4.79 Å². The molecule has 2 aromatic carbocycles. The molecule has 2 atom stereocenters. The van der Waals surface area contributed by atoms with E-state index in [1.807, 2.05) is 25.1 Å². The van der Waals surface area contributed by atoms with Crippen LogP contribution in [0.3, 0.4) is 0 Å². The lowest BCUT2D eigenvalue weighted by Gasteiger charge is -2.22. The maximum absolute atomic E-state index is 12.7.